The first-order valence-electron chi connectivity index (χ1n) is 7.37. The van der Waals surface area contributed by atoms with Crippen LogP contribution in [0.1, 0.15) is 22.3 Å². The van der Waals surface area contributed by atoms with E-state index in [4.69, 9.17) is 0 Å². The van der Waals surface area contributed by atoms with Crippen LogP contribution >= 0.6 is 0 Å². The van der Waals surface area contributed by atoms with Gasteiger partial charge < -0.3 is 10.6 Å². The predicted octanol–water partition coefficient (Wildman–Crippen LogP) is 1.61. The first kappa shape index (κ1) is 14.5. The summed E-state index contributed by atoms with van der Waals surface area (Å²) in [5, 5.41) is 6.98. The Balaban J connectivity index is 1.76. The second kappa shape index (κ2) is 7.04. The SMILES string of the molecule is Cc1cc(C)c(CNCCN2CCNCC2)c(C)c1. The standard InChI is InChI=1S/C16H27N3/c1-13-10-14(2)16(15(3)11-13)12-18-6-9-19-7-4-17-5-8-19/h10-11,17-18H,4-9,12H2,1-3H3. The fourth-order valence-corrected chi connectivity index (χ4v) is 2.87. The summed E-state index contributed by atoms with van der Waals surface area (Å²) in [7, 11) is 0. The molecule has 2 N–H and O–H groups in total. The quantitative estimate of drug-likeness (QED) is 0.789. The zero-order valence-corrected chi connectivity index (χ0v) is 12.6. The smallest absolute Gasteiger partial charge is 0.0211 e. The lowest BCUT2D eigenvalue weighted by Crippen LogP contribution is -2.45. The van der Waals surface area contributed by atoms with Gasteiger partial charge in [0.25, 0.3) is 0 Å². The van der Waals surface area contributed by atoms with E-state index in [2.05, 4.69) is 48.4 Å². The van der Waals surface area contributed by atoms with Crippen molar-refractivity contribution in [3.8, 4) is 0 Å². The molecule has 1 fully saturated rings. The van der Waals surface area contributed by atoms with Crippen LogP contribution in [-0.4, -0.2) is 44.2 Å². The van der Waals surface area contributed by atoms with E-state index < -0.39 is 0 Å². The molecule has 3 heteroatoms. The summed E-state index contributed by atoms with van der Waals surface area (Å²) in [5.74, 6) is 0. The number of nitrogens with one attached hydrogen (secondary N) is 2. The first-order valence-corrected chi connectivity index (χ1v) is 7.37. The Morgan fingerprint density at radius 2 is 1.74 bits per heavy atom. The Hall–Kier alpha value is -0.900. The molecule has 0 unspecified atom stereocenters. The van der Waals surface area contributed by atoms with Crippen molar-refractivity contribution in [1.29, 1.82) is 0 Å². The number of hydrogen-bond donors (Lipinski definition) is 2. The molecule has 0 aliphatic carbocycles. The lowest BCUT2D eigenvalue weighted by Gasteiger charge is -2.27. The number of piperazine rings is 1. The van der Waals surface area contributed by atoms with Crippen molar-refractivity contribution in [1.82, 2.24) is 15.5 Å². The largest absolute Gasteiger partial charge is 0.314 e. The molecule has 19 heavy (non-hydrogen) atoms. The molecule has 1 heterocycles. The summed E-state index contributed by atoms with van der Waals surface area (Å²) in [6.45, 7) is 14.5. The van der Waals surface area contributed by atoms with E-state index in [0.717, 1.165) is 32.7 Å². The average Bonchev–Trinajstić information content (AvgIpc) is 2.38. The number of benzene rings is 1. The van der Waals surface area contributed by atoms with Crippen LogP contribution < -0.4 is 10.6 Å². The summed E-state index contributed by atoms with van der Waals surface area (Å²) in [5.41, 5.74) is 5.64. The molecule has 0 amide bonds. The highest BCUT2D eigenvalue weighted by atomic mass is 15.2. The molecule has 1 aromatic rings. The maximum atomic E-state index is 3.59. The average molecular weight is 261 g/mol. The zero-order valence-electron chi connectivity index (χ0n) is 12.6. The molecule has 0 bridgehead atoms. The highest BCUT2D eigenvalue weighted by Gasteiger charge is 2.08. The second-order valence-electron chi connectivity index (χ2n) is 5.65. The minimum Gasteiger partial charge on any atom is -0.314 e. The van der Waals surface area contributed by atoms with Gasteiger partial charge in [0.2, 0.25) is 0 Å². The van der Waals surface area contributed by atoms with Gasteiger partial charge in [-0.3, -0.25) is 4.90 Å². The van der Waals surface area contributed by atoms with Gasteiger partial charge in [0, 0.05) is 45.8 Å². The molecule has 0 atom stereocenters. The molecule has 106 valence electrons. The first-order chi connectivity index (χ1) is 9.16. The summed E-state index contributed by atoms with van der Waals surface area (Å²) in [6.07, 6.45) is 0. The van der Waals surface area contributed by atoms with Crippen molar-refractivity contribution < 1.29 is 0 Å². The van der Waals surface area contributed by atoms with Crippen LogP contribution in [0.3, 0.4) is 0 Å². The van der Waals surface area contributed by atoms with Crippen molar-refractivity contribution in [2.24, 2.45) is 0 Å². The normalized spacial score (nSPS) is 16.8. The third-order valence-electron chi connectivity index (χ3n) is 3.96. The van der Waals surface area contributed by atoms with Crippen molar-refractivity contribution in [2.45, 2.75) is 27.3 Å². The fraction of sp³-hybridized carbons (Fsp3) is 0.625. The Morgan fingerprint density at radius 1 is 1.11 bits per heavy atom. The van der Waals surface area contributed by atoms with Gasteiger partial charge in [-0.1, -0.05) is 17.7 Å². The third kappa shape index (κ3) is 4.30. The minimum atomic E-state index is 0.990. The van der Waals surface area contributed by atoms with E-state index >= 15 is 0 Å². The van der Waals surface area contributed by atoms with E-state index in [1.165, 1.54) is 35.3 Å². The van der Waals surface area contributed by atoms with Crippen LogP contribution in [0.2, 0.25) is 0 Å². The zero-order chi connectivity index (χ0) is 13.7. The molecular weight excluding hydrogens is 234 g/mol. The maximum Gasteiger partial charge on any atom is 0.0211 e. The van der Waals surface area contributed by atoms with Gasteiger partial charge in [-0.2, -0.15) is 0 Å². The van der Waals surface area contributed by atoms with Crippen LogP contribution in [0.25, 0.3) is 0 Å². The van der Waals surface area contributed by atoms with Crippen LogP contribution in [0, 0.1) is 20.8 Å². The number of rotatable bonds is 5. The second-order valence-corrected chi connectivity index (χ2v) is 5.65. The number of aryl methyl sites for hydroxylation is 3. The van der Waals surface area contributed by atoms with Crippen molar-refractivity contribution in [3.63, 3.8) is 0 Å². The highest BCUT2D eigenvalue weighted by molar-refractivity contribution is 5.37. The van der Waals surface area contributed by atoms with Crippen molar-refractivity contribution in [3.05, 3.63) is 34.4 Å². The fourth-order valence-electron chi connectivity index (χ4n) is 2.87. The van der Waals surface area contributed by atoms with Gasteiger partial charge in [-0.15, -0.1) is 0 Å². The maximum absolute atomic E-state index is 3.59. The monoisotopic (exact) mass is 261 g/mol. The number of nitrogens with zero attached hydrogens (tertiary/aromatic N) is 1. The van der Waals surface area contributed by atoms with Crippen molar-refractivity contribution in [2.75, 3.05) is 39.3 Å². The molecule has 0 aromatic heterocycles. The summed E-state index contributed by atoms with van der Waals surface area (Å²) >= 11 is 0. The molecule has 3 nitrogen and oxygen atoms in total. The van der Waals surface area contributed by atoms with E-state index in [1.807, 2.05) is 0 Å². The summed E-state index contributed by atoms with van der Waals surface area (Å²) in [6, 6.07) is 4.56. The Kier molecular flexibility index (Phi) is 5.37. The molecular formula is C16H27N3. The lowest BCUT2D eigenvalue weighted by molar-refractivity contribution is 0.241. The Labute approximate surface area is 117 Å². The third-order valence-corrected chi connectivity index (χ3v) is 3.96. The lowest BCUT2D eigenvalue weighted by atomic mass is 10.00. The molecule has 0 radical (unpaired) electrons. The Bertz CT molecular complexity index is 385. The molecule has 1 aliphatic heterocycles. The minimum absolute atomic E-state index is 0.990. The molecule has 0 spiro atoms. The molecule has 1 saturated heterocycles. The van der Waals surface area contributed by atoms with Gasteiger partial charge in [0.05, 0.1) is 0 Å². The van der Waals surface area contributed by atoms with E-state index in [-0.39, 0.29) is 0 Å². The summed E-state index contributed by atoms with van der Waals surface area (Å²) < 4.78 is 0. The van der Waals surface area contributed by atoms with Crippen LogP contribution in [0.4, 0.5) is 0 Å². The summed E-state index contributed by atoms with van der Waals surface area (Å²) in [4.78, 5) is 2.53. The Morgan fingerprint density at radius 3 is 2.37 bits per heavy atom. The molecule has 2 rings (SSSR count). The van der Waals surface area contributed by atoms with Crippen LogP contribution in [0.15, 0.2) is 12.1 Å². The van der Waals surface area contributed by atoms with Crippen molar-refractivity contribution >= 4 is 0 Å². The van der Waals surface area contributed by atoms with Crippen LogP contribution in [0.5, 0.6) is 0 Å². The predicted molar refractivity (Wildman–Crippen MR) is 81.7 cm³/mol. The van der Waals surface area contributed by atoms with Gasteiger partial charge in [0.15, 0.2) is 0 Å². The van der Waals surface area contributed by atoms with Gasteiger partial charge >= 0.3 is 0 Å². The molecule has 1 aromatic carbocycles. The number of hydrogen-bond acceptors (Lipinski definition) is 3. The van der Waals surface area contributed by atoms with Gasteiger partial charge in [0.1, 0.15) is 0 Å². The van der Waals surface area contributed by atoms with Gasteiger partial charge in [-0.25, -0.2) is 0 Å². The van der Waals surface area contributed by atoms with E-state index in [0.29, 0.717) is 0 Å². The van der Waals surface area contributed by atoms with E-state index in [9.17, 15) is 0 Å². The van der Waals surface area contributed by atoms with Crippen LogP contribution in [-0.2, 0) is 6.54 Å². The van der Waals surface area contributed by atoms with E-state index in [1.54, 1.807) is 0 Å². The molecule has 1 aliphatic rings. The highest BCUT2D eigenvalue weighted by Crippen LogP contribution is 2.15. The van der Waals surface area contributed by atoms with Gasteiger partial charge in [-0.05, 0) is 37.5 Å². The topological polar surface area (TPSA) is 27.3 Å². The molecule has 0 saturated carbocycles.